The molecule has 1 N–H and O–H groups in total. The SMILES string of the molecule is C=CCN(Cc1ccc(CNC)o1)C(C)C. The summed E-state index contributed by atoms with van der Waals surface area (Å²) in [6.07, 6.45) is 1.93. The van der Waals surface area contributed by atoms with E-state index >= 15 is 0 Å². The highest BCUT2D eigenvalue weighted by atomic mass is 16.3. The smallest absolute Gasteiger partial charge is 0.118 e. The minimum Gasteiger partial charge on any atom is -0.463 e. The van der Waals surface area contributed by atoms with Crippen molar-refractivity contribution in [1.82, 2.24) is 10.2 Å². The normalized spacial score (nSPS) is 11.3. The fraction of sp³-hybridized carbons (Fsp3) is 0.538. The van der Waals surface area contributed by atoms with Crippen LogP contribution < -0.4 is 5.32 Å². The van der Waals surface area contributed by atoms with Gasteiger partial charge in [-0.15, -0.1) is 6.58 Å². The summed E-state index contributed by atoms with van der Waals surface area (Å²) in [5.74, 6) is 2.00. The summed E-state index contributed by atoms with van der Waals surface area (Å²) in [7, 11) is 1.92. The van der Waals surface area contributed by atoms with Crippen molar-refractivity contribution in [1.29, 1.82) is 0 Å². The Morgan fingerprint density at radius 3 is 2.69 bits per heavy atom. The van der Waals surface area contributed by atoms with E-state index < -0.39 is 0 Å². The van der Waals surface area contributed by atoms with E-state index in [4.69, 9.17) is 4.42 Å². The molecule has 0 atom stereocenters. The van der Waals surface area contributed by atoms with Gasteiger partial charge in [-0.2, -0.15) is 0 Å². The Morgan fingerprint density at radius 1 is 1.44 bits per heavy atom. The van der Waals surface area contributed by atoms with Gasteiger partial charge in [-0.1, -0.05) is 6.08 Å². The molecule has 90 valence electrons. The average Bonchev–Trinajstić information content (AvgIpc) is 2.65. The molecule has 3 heteroatoms. The molecule has 0 bridgehead atoms. The molecule has 0 aliphatic rings. The lowest BCUT2D eigenvalue weighted by Crippen LogP contribution is -2.30. The quantitative estimate of drug-likeness (QED) is 0.718. The number of nitrogens with one attached hydrogen (secondary N) is 1. The number of rotatable bonds is 7. The van der Waals surface area contributed by atoms with Crippen molar-refractivity contribution < 1.29 is 4.42 Å². The van der Waals surface area contributed by atoms with E-state index in [1.807, 2.05) is 25.3 Å². The summed E-state index contributed by atoms with van der Waals surface area (Å²) in [5.41, 5.74) is 0. The first-order valence-corrected chi connectivity index (χ1v) is 5.74. The van der Waals surface area contributed by atoms with Crippen molar-refractivity contribution in [3.63, 3.8) is 0 Å². The van der Waals surface area contributed by atoms with Crippen LogP contribution in [0.5, 0.6) is 0 Å². The molecule has 1 aromatic heterocycles. The molecule has 1 aromatic rings. The number of hydrogen-bond acceptors (Lipinski definition) is 3. The lowest BCUT2D eigenvalue weighted by atomic mass is 10.3. The Balaban J connectivity index is 2.58. The topological polar surface area (TPSA) is 28.4 Å². The molecule has 1 rings (SSSR count). The fourth-order valence-electron chi connectivity index (χ4n) is 1.60. The Hall–Kier alpha value is -1.06. The van der Waals surface area contributed by atoms with E-state index in [1.165, 1.54) is 0 Å². The van der Waals surface area contributed by atoms with Gasteiger partial charge in [0.2, 0.25) is 0 Å². The number of hydrogen-bond donors (Lipinski definition) is 1. The first kappa shape index (κ1) is 13.0. The average molecular weight is 222 g/mol. The Morgan fingerprint density at radius 2 is 2.12 bits per heavy atom. The summed E-state index contributed by atoms with van der Waals surface area (Å²) in [6.45, 7) is 10.7. The Kier molecular flexibility index (Phi) is 5.29. The lowest BCUT2D eigenvalue weighted by molar-refractivity contribution is 0.216. The van der Waals surface area contributed by atoms with Crippen LogP contribution in [0.3, 0.4) is 0 Å². The predicted molar refractivity (Wildman–Crippen MR) is 67.2 cm³/mol. The number of nitrogens with zero attached hydrogens (tertiary/aromatic N) is 1. The van der Waals surface area contributed by atoms with Gasteiger partial charge in [0.15, 0.2) is 0 Å². The largest absolute Gasteiger partial charge is 0.463 e. The van der Waals surface area contributed by atoms with Crippen LogP contribution in [0.4, 0.5) is 0 Å². The summed E-state index contributed by atoms with van der Waals surface area (Å²) in [6, 6.07) is 4.57. The molecule has 3 nitrogen and oxygen atoms in total. The Labute approximate surface area is 98.1 Å². The summed E-state index contributed by atoms with van der Waals surface area (Å²) < 4.78 is 5.71. The third-order valence-corrected chi connectivity index (χ3v) is 2.52. The molecule has 0 amide bonds. The number of furan rings is 1. The van der Waals surface area contributed by atoms with Crippen LogP contribution in [0.1, 0.15) is 25.4 Å². The maximum Gasteiger partial charge on any atom is 0.118 e. The molecule has 0 aliphatic carbocycles. The molecule has 0 saturated carbocycles. The maximum atomic E-state index is 5.71. The highest BCUT2D eigenvalue weighted by Crippen LogP contribution is 2.12. The van der Waals surface area contributed by atoms with Crippen LogP contribution in [0, 0.1) is 0 Å². The molecular formula is C13H22N2O. The van der Waals surface area contributed by atoms with Crippen molar-refractivity contribution in [3.8, 4) is 0 Å². The van der Waals surface area contributed by atoms with E-state index in [-0.39, 0.29) is 0 Å². The zero-order valence-corrected chi connectivity index (χ0v) is 10.5. The standard InChI is InChI=1S/C13H22N2O/c1-5-8-15(11(2)3)10-13-7-6-12(16-13)9-14-4/h5-7,11,14H,1,8-10H2,2-4H3. The van der Waals surface area contributed by atoms with Gasteiger partial charge < -0.3 is 9.73 Å². The molecule has 0 unspecified atom stereocenters. The predicted octanol–water partition coefficient (Wildman–Crippen LogP) is 2.40. The second-order valence-corrected chi connectivity index (χ2v) is 4.21. The van der Waals surface area contributed by atoms with Crippen LogP contribution in [-0.2, 0) is 13.1 Å². The molecule has 0 aromatic carbocycles. The highest BCUT2D eigenvalue weighted by molar-refractivity contribution is 5.07. The third-order valence-electron chi connectivity index (χ3n) is 2.52. The minimum atomic E-state index is 0.496. The first-order valence-electron chi connectivity index (χ1n) is 5.74. The second-order valence-electron chi connectivity index (χ2n) is 4.21. The van der Waals surface area contributed by atoms with Crippen molar-refractivity contribution >= 4 is 0 Å². The van der Waals surface area contributed by atoms with Gasteiger partial charge in [-0.05, 0) is 33.0 Å². The van der Waals surface area contributed by atoms with Crippen molar-refractivity contribution in [2.75, 3.05) is 13.6 Å². The zero-order chi connectivity index (χ0) is 12.0. The van der Waals surface area contributed by atoms with Crippen LogP contribution >= 0.6 is 0 Å². The molecule has 0 radical (unpaired) electrons. The van der Waals surface area contributed by atoms with Gasteiger partial charge in [-0.3, -0.25) is 4.90 Å². The second kappa shape index (κ2) is 6.51. The van der Waals surface area contributed by atoms with Crippen molar-refractivity contribution in [3.05, 3.63) is 36.3 Å². The first-order chi connectivity index (χ1) is 7.67. The fourth-order valence-corrected chi connectivity index (χ4v) is 1.60. The van der Waals surface area contributed by atoms with Gasteiger partial charge in [0.05, 0.1) is 13.1 Å². The van der Waals surface area contributed by atoms with Gasteiger partial charge in [-0.25, -0.2) is 0 Å². The summed E-state index contributed by atoms with van der Waals surface area (Å²) in [4.78, 5) is 2.31. The van der Waals surface area contributed by atoms with Gasteiger partial charge in [0.1, 0.15) is 11.5 Å². The molecule has 1 heterocycles. The molecule has 0 spiro atoms. The third kappa shape index (κ3) is 3.83. The monoisotopic (exact) mass is 222 g/mol. The van der Waals surface area contributed by atoms with E-state index in [2.05, 4.69) is 30.6 Å². The van der Waals surface area contributed by atoms with E-state index in [0.717, 1.165) is 31.2 Å². The van der Waals surface area contributed by atoms with Crippen LogP contribution in [0.15, 0.2) is 29.2 Å². The van der Waals surface area contributed by atoms with Gasteiger partial charge >= 0.3 is 0 Å². The summed E-state index contributed by atoms with van der Waals surface area (Å²) >= 11 is 0. The van der Waals surface area contributed by atoms with Gasteiger partial charge in [0, 0.05) is 12.6 Å². The van der Waals surface area contributed by atoms with Crippen LogP contribution in [-0.4, -0.2) is 24.5 Å². The highest BCUT2D eigenvalue weighted by Gasteiger charge is 2.10. The zero-order valence-electron chi connectivity index (χ0n) is 10.5. The molecule has 0 saturated heterocycles. The van der Waals surface area contributed by atoms with Gasteiger partial charge in [0.25, 0.3) is 0 Å². The van der Waals surface area contributed by atoms with Crippen LogP contribution in [0.2, 0.25) is 0 Å². The Bertz CT molecular complexity index is 317. The molecule has 0 fully saturated rings. The van der Waals surface area contributed by atoms with E-state index in [1.54, 1.807) is 0 Å². The van der Waals surface area contributed by atoms with E-state index in [9.17, 15) is 0 Å². The molecule has 16 heavy (non-hydrogen) atoms. The molecular weight excluding hydrogens is 200 g/mol. The summed E-state index contributed by atoms with van der Waals surface area (Å²) in [5, 5.41) is 3.08. The van der Waals surface area contributed by atoms with Crippen molar-refractivity contribution in [2.45, 2.75) is 33.0 Å². The maximum absolute atomic E-state index is 5.71. The minimum absolute atomic E-state index is 0.496. The lowest BCUT2D eigenvalue weighted by Gasteiger charge is -2.23. The van der Waals surface area contributed by atoms with Crippen molar-refractivity contribution in [2.24, 2.45) is 0 Å². The van der Waals surface area contributed by atoms with Crippen LogP contribution in [0.25, 0.3) is 0 Å². The van der Waals surface area contributed by atoms with E-state index in [0.29, 0.717) is 6.04 Å². The molecule has 0 aliphatic heterocycles.